The average molecular weight is 638 g/mol. The van der Waals surface area contributed by atoms with Gasteiger partial charge in [-0.05, 0) is 67.1 Å². The highest BCUT2D eigenvalue weighted by Gasteiger charge is 2.13. The van der Waals surface area contributed by atoms with Crippen molar-refractivity contribution in [3.63, 3.8) is 0 Å². The highest BCUT2D eigenvalue weighted by Crippen LogP contribution is 2.35. The van der Waals surface area contributed by atoms with Gasteiger partial charge in [0.15, 0.2) is 17.5 Å². The third-order valence-corrected chi connectivity index (χ3v) is 9.34. The first kappa shape index (κ1) is 29.4. The fourth-order valence-electron chi connectivity index (χ4n) is 6.66. The van der Waals surface area contributed by atoms with Crippen LogP contribution in [0, 0.1) is 0 Å². The van der Waals surface area contributed by atoms with Crippen molar-refractivity contribution in [2.75, 3.05) is 0 Å². The summed E-state index contributed by atoms with van der Waals surface area (Å²) in [4.78, 5) is 14.7. The van der Waals surface area contributed by atoms with Crippen LogP contribution < -0.4 is 0 Å². The molecule has 0 saturated carbocycles. The molecule has 0 radical (unpaired) electrons. The van der Waals surface area contributed by atoms with Crippen LogP contribution in [0.15, 0.2) is 188 Å². The van der Waals surface area contributed by atoms with Gasteiger partial charge >= 0.3 is 0 Å². The number of fused-ring (bicyclic) bond motifs is 2. The van der Waals surface area contributed by atoms with Gasteiger partial charge in [-0.15, -0.1) is 0 Å². The maximum Gasteiger partial charge on any atom is 0.164 e. The molecule has 0 atom stereocenters. The predicted octanol–water partition coefficient (Wildman–Crippen LogP) is 12.2. The van der Waals surface area contributed by atoms with E-state index in [2.05, 4.69) is 127 Å². The number of benzene rings is 8. The molecule has 0 amide bonds. The summed E-state index contributed by atoms with van der Waals surface area (Å²) in [6.45, 7) is 0. The van der Waals surface area contributed by atoms with Gasteiger partial charge < -0.3 is 0 Å². The third kappa shape index (κ3) is 5.72. The Morgan fingerprint density at radius 3 is 1.26 bits per heavy atom. The van der Waals surface area contributed by atoms with Gasteiger partial charge in [-0.25, -0.2) is 15.0 Å². The molecule has 0 fully saturated rings. The summed E-state index contributed by atoms with van der Waals surface area (Å²) in [5.74, 6) is 1.97. The number of nitrogens with zero attached hydrogens (tertiary/aromatic N) is 3. The van der Waals surface area contributed by atoms with E-state index in [-0.39, 0.29) is 0 Å². The Balaban J connectivity index is 1.05. The van der Waals surface area contributed by atoms with Gasteiger partial charge in [-0.3, -0.25) is 0 Å². The molecule has 0 aliphatic heterocycles. The minimum Gasteiger partial charge on any atom is -0.208 e. The number of hydrogen-bond acceptors (Lipinski definition) is 3. The van der Waals surface area contributed by atoms with Crippen molar-refractivity contribution in [1.82, 2.24) is 15.0 Å². The van der Waals surface area contributed by atoms with E-state index >= 15 is 0 Å². The smallest absolute Gasteiger partial charge is 0.164 e. The summed E-state index contributed by atoms with van der Waals surface area (Å²) in [5, 5.41) is 4.94. The quantitative estimate of drug-likeness (QED) is 0.182. The third-order valence-electron chi connectivity index (χ3n) is 9.34. The largest absolute Gasteiger partial charge is 0.208 e. The number of rotatable bonds is 6. The van der Waals surface area contributed by atoms with E-state index in [1.165, 1.54) is 49.4 Å². The monoisotopic (exact) mass is 637 g/mol. The van der Waals surface area contributed by atoms with Gasteiger partial charge in [0, 0.05) is 16.7 Å². The van der Waals surface area contributed by atoms with Gasteiger partial charge in [0.1, 0.15) is 0 Å². The molecule has 0 unspecified atom stereocenters. The SMILES string of the molecule is c1ccc(-c2nc(-c3ccccc3)nc(-c3ccc(-c4cccc5ccc(-c6ccc(-c7ccc8ccccc8c7)cc6)cc45)cc3)n2)cc1. The summed E-state index contributed by atoms with van der Waals surface area (Å²) in [6, 6.07) is 66.1. The molecule has 50 heavy (non-hydrogen) atoms. The van der Waals surface area contributed by atoms with E-state index in [1.54, 1.807) is 0 Å². The normalized spacial score (nSPS) is 11.2. The molecule has 0 N–H and O–H groups in total. The lowest BCUT2D eigenvalue weighted by molar-refractivity contribution is 1.07. The summed E-state index contributed by atoms with van der Waals surface area (Å²) >= 11 is 0. The van der Waals surface area contributed by atoms with Crippen molar-refractivity contribution >= 4 is 21.5 Å². The molecule has 0 saturated heterocycles. The van der Waals surface area contributed by atoms with Crippen LogP contribution in [0.2, 0.25) is 0 Å². The number of aromatic nitrogens is 3. The molecule has 8 aromatic carbocycles. The fourth-order valence-corrected chi connectivity index (χ4v) is 6.66. The highest BCUT2D eigenvalue weighted by atomic mass is 15.0. The molecule has 0 aliphatic rings. The summed E-state index contributed by atoms with van der Waals surface area (Å²) in [5.41, 5.74) is 10.0. The molecule has 9 aromatic rings. The maximum absolute atomic E-state index is 4.91. The molecular formula is C47H31N3. The second-order valence-electron chi connectivity index (χ2n) is 12.5. The van der Waals surface area contributed by atoms with Crippen LogP contribution >= 0.6 is 0 Å². The highest BCUT2D eigenvalue weighted by molar-refractivity contribution is 5.99. The molecule has 1 aromatic heterocycles. The molecule has 0 aliphatic carbocycles. The standard InChI is InChI=1S/C47H31N3/c1-3-11-37(12-4-1)45-48-46(38-13-5-2-6-14-38)50-47(49-45)39-26-23-36(24-27-39)43-17-9-16-35-25-29-42(31-44(35)43)34-20-18-33(19-21-34)41-28-22-32-10-7-8-15-40(32)30-41/h1-31H. The van der Waals surface area contributed by atoms with Gasteiger partial charge in [-0.2, -0.15) is 0 Å². The second kappa shape index (κ2) is 12.7. The molecular weight excluding hydrogens is 607 g/mol. The first-order valence-electron chi connectivity index (χ1n) is 16.9. The van der Waals surface area contributed by atoms with Crippen LogP contribution in [-0.2, 0) is 0 Å². The van der Waals surface area contributed by atoms with E-state index in [1.807, 2.05) is 60.7 Å². The van der Waals surface area contributed by atoms with E-state index in [0.717, 1.165) is 22.3 Å². The van der Waals surface area contributed by atoms with Crippen LogP contribution in [0.1, 0.15) is 0 Å². The minimum absolute atomic E-state index is 0.650. The Morgan fingerprint density at radius 1 is 0.240 bits per heavy atom. The maximum atomic E-state index is 4.91. The summed E-state index contributed by atoms with van der Waals surface area (Å²) in [7, 11) is 0. The van der Waals surface area contributed by atoms with E-state index in [0.29, 0.717) is 17.5 Å². The second-order valence-corrected chi connectivity index (χ2v) is 12.5. The Labute approximate surface area is 291 Å². The molecule has 0 bridgehead atoms. The molecule has 0 spiro atoms. The van der Waals surface area contributed by atoms with Crippen LogP contribution in [-0.4, -0.2) is 15.0 Å². The molecule has 234 valence electrons. The molecule has 9 rings (SSSR count). The summed E-state index contributed by atoms with van der Waals surface area (Å²) < 4.78 is 0. The van der Waals surface area contributed by atoms with Crippen molar-refractivity contribution in [3.8, 4) is 67.5 Å². The van der Waals surface area contributed by atoms with Crippen molar-refractivity contribution < 1.29 is 0 Å². The Bertz CT molecular complexity index is 2550. The van der Waals surface area contributed by atoms with E-state index in [9.17, 15) is 0 Å². The van der Waals surface area contributed by atoms with Crippen molar-refractivity contribution in [1.29, 1.82) is 0 Å². The molecule has 3 heteroatoms. The van der Waals surface area contributed by atoms with Crippen LogP contribution in [0.4, 0.5) is 0 Å². The lowest BCUT2D eigenvalue weighted by Crippen LogP contribution is -2.00. The van der Waals surface area contributed by atoms with Gasteiger partial charge in [0.05, 0.1) is 0 Å². The van der Waals surface area contributed by atoms with Crippen LogP contribution in [0.25, 0.3) is 89.1 Å². The van der Waals surface area contributed by atoms with Gasteiger partial charge in [-0.1, -0.05) is 176 Å². The van der Waals surface area contributed by atoms with E-state index < -0.39 is 0 Å². The van der Waals surface area contributed by atoms with E-state index in [4.69, 9.17) is 15.0 Å². The lowest BCUT2D eigenvalue weighted by atomic mass is 9.93. The zero-order chi connectivity index (χ0) is 33.3. The first-order valence-corrected chi connectivity index (χ1v) is 16.9. The Hall–Kier alpha value is -6.71. The lowest BCUT2D eigenvalue weighted by Gasteiger charge is -2.12. The molecule has 3 nitrogen and oxygen atoms in total. The average Bonchev–Trinajstić information content (AvgIpc) is 3.21. The zero-order valence-corrected chi connectivity index (χ0v) is 27.2. The van der Waals surface area contributed by atoms with Crippen molar-refractivity contribution in [2.45, 2.75) is 0 Å². The van der Waals surface area contributed by atoms with Crippen molar-refractivity contribution in [3.05, 3.63) is 188 Å². The van der Waals surface area contributed by atoms with Gasteiger partial charge in [0.25, 0.3) is 0 Å². The van der Waals surface area contributed by atoms with Crippen molar-refractivity contribution in [2.24, 2.45) is 0 Å². The number of hydrogen-bond donors (Lipinski definition) is 0. The summed E-state index contributed by atoms with van der Waals surface area (Å²) in [6.07, 6.45) is 0. The fraction of sp³-hybridized carbons (Fsp3) is 0. The predicted molar refractivity (Wildman–Crippen MR) is 207 cm³/mol. The molecule has 1 heterocycles. The Kier molecular flexibility index (Phi) is 7.49. The zero-order valence-electron chi connectivity index (χ0n) is 27.2. The Morgan fingerprint density at radius 2 is 0.660 bits per heavy atom. The van der Waals surface area contributed by atoms with Crippen LogP contribution in [0.3, 0.4) is 0 Å². The van der Waals surface area contributed by atoms with Crippen LogP contribution in [0.5, 0.6) is 0 Å². The first-order chi connectivity index (χ1) is 24.7. The van der Waals surface area contributed by atoms with Gasteiger partial charge in [0.2, 0.25) is 0 Å². The minimum atomic E-state index is 0.650. The topological polar surface area (TPSA) is 38.7 Å².